The molecule has 3 aromatic rings. The van der Waals surface area contributed by atoms with Crippen LogP contribution in [-0.4, -0.2) is 32.1 Å². The molecule has 1 aromatic carbocycles. The van der Waals surface area contributed by atoms with Crippen molar-refractivity contribution < 1.29 is 9.21 Å². The highest BCUT2D eigenvalue weighted by molar-refractivity contribution is 5.79. The number of likely N-dealkylation sites (tertiary alicyclic amines) is 1. The van der Waals surface area contributed by atoms with Crippen molar-refractivity contribution in [2.75, 3.05) is 6.54 Å². The molecule has 1 fully saturated rings. The van der Waals surface area contributed by atoms with E-state index in [0.29, 0.717) is 19.5 Å². The zero-order valence-electron chi connectivity index (χ0n) is 16.7. The van der Waals surface area contributed by atoms with Crippen LogP contribution in [0.3, 0.4) is 0 Å². The monoisotopic (exact) mass is 378 g/mol. The van der Waals surface area contributed by atoms with E-state index in [9.17, 15) is 4.79 Å². The van der Waals surface area contributed by atoms with Crippen LogP contribution in [0.25, 0.3) is 5.69 Å². The number of rotatable bonds is 6. The van der Waals surface area contributed by atoms with Gasteiger partial charge in [-0.25, -0.2) is 9.67 Å². The average Bonchev–Trinajstić information content (AvgIpc) is 3.39. The van der Waals surface area contributed by atoms with Crippen LogP contribution in [0.5, 0.6) is 0 Å². The van der Waals surface area contributed by atoms with Gasteiger partial charge >= 0.3 is 0 Å². The predicted molar refractivity (Wildman–Crippen MR) is 106 cm³/mol. The fourth-order valence-electron chi connectivity index (χ4n) is 3.78. The zero-order valence-corrected chi connectivity index (χ0v) is 16.7. The highest BCUT2D eigenvalue weighted by Gasteiger charge is 2.35. The molecular weight excluding hydrogens is 352 g/mol. The summed E-state index contributed by atoms with van der Waals surface area (Å²) in [5.41, 5.74) is 3.37. The Bertz CT molecular complexity index is 975. The van der Waals surface area contributed by atoms with Gasteiger partial charge in [0, 0.05) is 25.3 Å². The maximum atomic E-state index is 12.6. The second-order valence-electron chi connectivity index (χ2n) is 7.59. The first-order chi connectivity index (χ1) is 13.5. The summed E-state index contributed by atoms with van der Waals surface area (Å²) in [5.74, 6) is 2.69. The summed E-state index contributed by atoms with van der Waals surface area (Å²) in [6, 6.07) is 10.1. The van der Waals surface area contributed by atoms with Crippen molar-refractivity contribution in [3.05, 3.63) is 65.1 Å². The van der Waals surface area contributed by atoms with Gasteiger partial charge in [0.15, 0.2) is 5.82 Å². The summed E-state index contributed by atoms with van der Waals surface area (Å²) < 4.78 is 7.38. The fourth-order valence-corrected chi connectivity index (χ4v) is 3.78. The van der Waals surface area contributed by atoms with Crippen LogP contribution in [0, 0.1) is 13.8 Å². The van der Waals surface area contributed by atoms with Crippen LogP contribution < -0.4 is 0 Å². The van der Waals surface area contributed by atoms with Crippen LogP contribution in [-0.2, 0) is 17.8 Å². The van der Waals surface area contributed by atoms with Crippen molar-refractivity contribution in [1.82, 2.24) is 19.7 Å². The minimum atomic E-state index is 0.0282. The number of amides is 1. The highest BCUT2D eigenvalue weighted by atomic mass is 16.3. The molecule has 0 aliphatic carbocycles. The first kappa shape index (κ1) is 18.5. The first-order valence-corrected chi connectivity index (χ1v) is 9.88. The van der Waals surface area contributed by atoms with Gasteiger partial charge in [-0.05, 0) is 49.6 Å². The molecule has 2 aromatic heterocycles. The molecule has 4 rings (SSSR count). The van der Waals surface area contributed by atoms with Gasteiger partial charge in [0.25, 0.3) is 0 Å². The van der Waals surface area contributed by atoms with Crippen LogP contribution in [0.4, 0.5) is 0 Å². The Balaban J connectivity index is 1.67. The molecule has 1 aliphatic heterocycles. The quantitative estimate of drug-likeness (QED) is 0.652. The van der Waals surface area contributed by atoms with Gasteiger partial charge in [0.05, 0.1) is 18.5 Å². The van der Waals surface area contributed by atoms with E-state index in [1.54, 1.807) is 6.26 Å². The molecular formula is C22H26N4O2. The number of furan rings is 1. The van der Waals surface area contributed by atoms with E-state index in [2.05, 4.69) is 39.0 Å². The number of nitrogens with zero attached hydrogens (tertiary/aromatic N) is 4. The fraction of sp³-hybridized carbons (Fsp3) is 0.409. The van der Waals surface area contributed by atoms with Gasteiger partial charge in [-0.15, -0.1) is 0 Å². The standard InChI is InChI=1S/C22H26N4O2/c1-4-6-20-23-22(26(24-20)19-11-15(2)8-9-16(19)3)17-12-21(27)25(13-17)14-18-7-5-10-28-18/h5,7-11,17H,4,6,12-14H2,1-3H3. The molecule has 1 unspecified atom stereocenters. The third-order valence-electron chi connectivity index (χ3n) is 5.25. The van der Waals surface area contributed by atoms with Crippen molar-refractivity contribution >= 4 is 5.91 Å². The van der Waals surface area contributed by atoms with E-state index in [1.165, 1.54) is 5.56 Å². The summed E-state index contributed by atoms with van der Waals surface area (Å²) in [5, 5.41) is 4.80. The van der Waals surface area contributed by atoms with Crippen LogP contribution in [0.1, 0.15) is 54.2 Å². The van der Waals surface area contributed by atoms with Crippen LogP contribution in [0.2, 0.25) is 0 Å². The summed E-state index contributed by atoms with van der Waals surface area (Å²) in [6.07, 6.45) is 3.92. The molecule has 0 spiro atoms. The maximum Gasteiger partial charge on any atom is 0.223 e. The average molecular weight is 378 g/mol. The largest absolute Gasteiger partial charge is 0.467 e. The van der Waals surface area contributed by atoms with E-state index in [1.807, 2.05) is 21.7 Å². The van der Waals surface area contributed by atoms with E-state index >= 15 is 0 Å². The number of carbonyl (C=O) groups is 1. The lowest BCUT2D eigenvalue weighted by Crippen LogP contribution is -2.24. The Morgan fingerprint density at radius 2 is 2.11 bits per heavy atom. The molecule has 6 nitrogen and oxygen atoms in total. The van der Waals surface area contributed by atoms with E-state index in [0.717, 1.165) is 41.5 Å². The summed E-state index contributed by atoms with van der Waals surface area (Å²) >= 11 is 0. The number of carbonyl (C=O) groups excluding carboxylic acids is 1. The molecule has 28 heavy (non-hydrogen) atoms. The van der Waals surface area contributed by atoms with Crippen LogP contribution >= 0.6 is 0 Å². The lowest BCUT2D eigenvalue weighted by Gasteiger charge is -2.16. The van der Waals surface area contributed by atoms with E-state index in [4.69, 9.17) is 14.5 Å². The van der Waals surface area contributed by atoms with Gasteiger partial charge in [-0.1, -0.05) is 19.1 Å². The minimum Gasteiger partial charge on any atom is -0.467 e. The van der Waals surface area contributed by atoms with Crippen molar-refractivity contribution in [1.29, 1.82) is 0 Å². The van der Waals surface area contributed by atoms with Gasteiger partial charge in [0.1, 0.15) is 11.6 Å². The first-order valence-electron chi connectivity index (χ1n) is 9.88. The molecule has 0 bridgehead atoms. The Kier molecular flexibility index (Phi) is 5.03. The third-order valence-corrected chi connectivity index (χ3v) is 5.25. The Hall–Kier alpha value is -2.89. The molecule has 0 N–H and O–H groups in total. The highest BCUT2D eigenvalue weighted by Crippen LogP contribution is 2.30. The molecule has 1 aliphatic rings. The number of hydrogen-bond donors (Lipinski definition) is 0. The summed E-state index contributed by atoms with van der Waals surface area (Å²) in [7, 11) is 0. The van der Waals surface area contributed by atoms with Crippen molar-refractivity contribution in [3.8, 4) is 5.69 Å². The summed E-state index contributed by atoms with van der Waals surface area (Å²) in [6.45, 7) is 7.43. The predicted octanol–water partition coefficient (Wildman–Crippen LogP) is 3.95. The molecule has 1 amide bonds. The number of aryl methyl sites for hydroxylation is 3. The molecule has 1 atom stereocenters. The van der Waals surface area contributed by atoms with Gasteiger partial charge in [0.2, 0.25) is 5.91 Å². The SMILES string of the molecule is CCCc1nc(C2CC(=O)N(Cc3ccco3)C2)n(-c2cc(C)ccc2C)n1. The normalized spacial score (nSPS) is 16.9. The zero-order chi connectivity index (χ0) is 19.7. The second-order valence-corrected chi connectivity index (χ2v) is 7.59. The Morgan fingerprint density at radius 1 is 1.25 bits per heavy atom. The Labute approximate surface area is 165 Å². The number of aromatic nitrogens is 3. The maximum absolute atomic E-state index is 12.6. The van der Waals surface area contributed by atoms with Crippen molar-refractivity contribution in [3.63, 3.8) is 0 Å². The molecule has 3 heterocycles. The third kappa shape index (κ3) is 3.59. The number of hydrogen-bond acceptors (Lipinski definition) is 4. The van der Waals surface area contributed by atoms with Gasteiger partial charge < -0.3 is 9.32 Å². The number of benzene rings is 1. The molecule has 1 saturated heterocycles. The Morgan fingerprint density at radius 3 is 2.86 bits per heavy atom. The second kappa shape index (κ2) is 7.62. The molecule has 0 radical (unpaired) electrons. The molecule has 146 valence electrons. The van der Waals surface area contributed by atoms with E-state index in [-0.39, 0.29) is 11.8 Å². The lowest BCUT2D eigenvalue weighted by atomic mass is 10.1. The summed E-state index contributed by atoms with van der Waals surface area (Å²) in [4.78, 5) is 19.3. The van der Waals surface area contributed by atoms with Crippen molar-refractivity contribution in [2.45, 2.75) is 52.5 Å². The van der Waals surface area contributed by atoms with Gasteiger partial charge in [-0.2, -0.15) is 5.10 Å². The van der Waals surface area contributed by atoms with E-state index < -0.39 is 0 Å². The van der Waals surface area contributed by atoms with Gasteiger partial charge in [-0.3, -0.25) is 4.79 Å². The molecule has 6 heteroatoms. The smallest absolute Gasteiger partial charge is 0.223 e. The topological polar surface area (TPSA) is 64.2 Å². The minimum absolute atomic E-state index is 0.0282. The molecule has 0 saturated carbocycles. The lowest BCUT2D eigenvalue weighted by molar-refractivity contribution is -0.128. The van der Waals surface area contributed by atoms with Crippen molar-refractivity contribution in [2.24, 2.45) is 0 Å². The van der Waals surface area contributed by atoms with Crippen LogP contribution in [0.15, 0.2) is 41.0 Å².